The summed E-state index contributed by atoms with van der Waals surface area (Å²) in [5.41, 5.74) is 1.59. The maximum absolute atomic E-state index is 2.76. The number of rotatable bonds is 5. The van der Waals surface area contributed by atoms with E-state index >= 15 is 0 Å². The molecular weight excluding hydrogens is 342 g/mol. The third-order valence-electron chi connectivity index (χ3n) is 9.36. The van der Waals surface area contributed by atoms with Gasteiger partial charge in [0.1, 0.15) is 0 Å². The van der Waals surface area contributed by atoms with E-state index < -0.39 is 0 Å². The van der Waals surface area contributed by atoms with Crippen molar-refractivity contribution in [2.45, 2.75) is 99.6 Å². The second kappa shape index (κ2) is 7.85. The summed E-state index contributed by atoms with van der Waals surface area (Å²) < 4.78 is 0. The monoisotopic (exact) mass is 393 g/mol. The first-order valence-electron chi connectivity index (χ1n) is 11.7. The van der Waals surface area contributed by atoms with Gasteiger partial charge in [0.25, 0.3) is 0 Å². The van der Waals surface area contributed by atoms with Crippen LogP contribution >= 0.6 is 0 Å². The molecule has 0 aromatic heterocycles. The molecule has 0 atom stereocenters. The number of hydrogen-bond acceptors (Lipinski definition) is 3. The number of likely N-dealkylation sites (N-methyl/N-ethyl adjacent to an activating group) is 1. The van der Waals surface area contributed by atoms with Crippen molar-refractivity contribution < 1.29 is 0 Å². The van der Waals surface area contributed by atoms with Crippen molar-refractivity contribution in [1.82, 2.24) is 14.7 Å². The Bertz CT molecular complexity index is 510. The van der Waals surface area contributed by atoms with Gasteiger partial charge < -0.3 is 4.90 Å². The highest BCUT2D eigenvalue weighted by Crippen LogP contribution is 2.52. The van der Waals surface area contributed by atoms with Crippen molar-refractivity contribution in [2.24, 2.45) is 16.2 Å². The molecule has 28 heavy (non-hydrogen) atoms. The van der Waals surface area contributed by atoms with E-state index in [4.69, 9.17) is 0 Å². The van der Waals surface area contributed by atoms with Crippen LogP contribution in [0.5, 0.6) is 0 Å². The fourth-order valence-electron chi connectivity index (χ4n) is 5.53. The van der Waals surface area contributed by atoms with Crippen molar-refractivity contribution in [3.63, 3.8) is 0 Å². The highest BCUT2D eigenvalue weighted by atomic mass is 15.3. The van der Waals surface area contributed by atoms with E-state index in [-0.39, 0.29) is 11.1 Å². The zero-order valence-electron chi connectivity index (χ0n) is 21.2. The predicted octanol–water partition coefficient (Wildman–Crippen LogP) is 5.36. The minimum Gasteiger partial charge on any atom is -0.304 e. The molecular formula is C25H51N3. The van der Waals surface area contributed by atoms with Crippen molar-refractivity contribution in [3.05, 3.63) is 0 Å². The molecule has 3 nitrogen and oxygen atoms in total. The lowest BCUT2D eigenvalue weighted by atomic mass is 9.57. The summed E-state index contributed by atoms with van der Waals surface area (Å²) in [6.45, 7) is 32.0. The van der Waals surface area contributed by atoms with Crippen LogP contribution in [0.3, 0.4) is 0 Å². The Kier molecular flexibility index (Phi) is 6.77. The molecule has 0 spiro atoms. The van der Waals surface area contributed by atoms with E-state index in [1.807, 2.05) is 0 Å². The van der Waals surface area contributed by atoms with Crippen LogP contribution in [0, 0.1) is 16.2 Å². The number of likely N-dealkylation sites (tertiary alicyclic amines) is 1. The summed E-state index contributed by atoms with van der Waals surface area (Å²) in [5, 5.41) is 0. The van der Waals surface area contributed by atoms with Gasteiger partial charge in [-0.15, -0.1) is 0 Å². The highest BCUT2D eigenvalue weighted by Gasteiger charge is 2.49. The van der Waals surface area contributed by atoms with E-state index in [2.05, 4.69) is 91.0 Å². The fourth-order valence-corrected chi connectivity index (χ4v) is 5.53. The zero-order valence-corrected chi connectivity index (χ0v) is 21.2. The molecule has 0 unspecified atom stereocenters. The minimum atomic E-state index is 0.248. The Hall–Kier alpha value is -0.120. The maximum Gasteiger partial charge on any atom is 0.0201 e. The lowest BCUT2D eigenvalue weighted by Crippen LogP contribution is -2.59. The average molecular weight is 394 g/mol. The molecule has 2 aliphatic heterocycles. The van der Waals surface area contributed by atoms with Gasteiger partial charge in [0, 0.05) is 37.3 Å². The molecule has 0 radical (unpaired) electrons. The molecule has 3 heteroatoms. The molecule has 2 aliphatic rings. The number of piperazine rings is 1. The van der Waals surface area contributed by atoms with Gasteiger partial charge in [-0.3, -0.25) is 9.80 Å². The van der Waals surface area contributed by atoms with Crippen LogP contribution in [0.1, 0.15) is 88.5 Å². The molecule has 2 saturated heterocycles. The minimum absolute atomic E-state index is 0.248. The van der Waals surface area contributed by atoms with Crippen molar-refractivity contribution in [1.29, 1.82) is 0 Å². The SMILES string of the molecule is CN1CCN(C(C)(C)CC(C)(C)C2(C)CCN(C(C)(C)C(C)(C)C)CC2)CC1. The third-order valence-corrected chi connectivity index (χ3v) is 9.36. The van der Waals surface area contributed by atoms with Crippen LogP contribution in [-0.2, 0) is 0 Å². The van der Waals surface area contributed by atoms with Gasteiger partial charge in [0.15, 0.2) is 0 Å². The highest BCUT2D eigenvalue weighted by molar-refractivity contribution is 5.02. The largest absolute Gasteiger partial charge is 0.304 e. The molecule has 0 amide bonds. The van der Waals surface area contributed by atoms with Gasteiger partial charge in [-0.1, -0.05) is 41.5 Å². The molecule has 0 N–H and O–H groups in total. The molecule has 0 aromatic carbocycles. The first-order valence-corrected chi connectivity index (χ1v) is 11.7. The van der Waals surface area contributed by atoms with Crippen LogP contribution in [0.4, 0.5) is 0 Å². The Labute approximate surface area is 177 Å². The third kappa shape index (κ3) is 4.78. The van der Waals surface area contributed by atoms with E-state index in [9.17, 15) is 0 Å². The van der Waals surface area contributed by atoms with Crippen LogP contribution in [-0.4, -0.2) is 72.1 Å². The van der Waals surface area contributed by atoms with Crippen LogP contribution < -0.4 is 0 Å². The lowest BCUT2D eigenvalue weighted by Gasteiger charge is -2.57. The maximum atomic E-state index is 2.76. The average Bonchev–Trinajstić information content (AvgIpc) is 2.53. The Balaban J connectivity index is 2.05. The summed E-state index contributed by atoms with van der Waals surface area (Å²) in [4.78, 5) is 7.97. The Morgan fingerprint density at radius 1 is 0.679 bits per heavy atom. The zero-order chi connectivity index (χ0) is 21.6. The van der Waals surface area contributed by atoms with Gasteiger partial charge in [0.05, 0.1) is 0 Å². The molecule has 0 aromatic rings. The molecule has 0 bridgehead atoms. The van der Waals surface area contributed by atoms with E-state index in [1.165, 1.54) is 58.5 Å². The quantitative estimate of drug-likeness (QED) is 0.623. The summed E-state index contributed by atoms with van der Waals surface area (Å²) in [6.07, 6.45) is 3.92. The van der Waals surface area contributed by atoms with Gasteiger partial charge in [-0.05, 0) is 83.3 Å². The topological polar surface area (TPSA) is 9.72 Å². The fraction of sp³-hybridized carbons (Fsp3) is 1.00. The Morgan fingerprint density at radius 3 is 1.57 bits per heavy atom. The first kappa shape index (κ1) is 24.2. The smallest absolute Gasteiger partial charge is 0.0201 e. The summed E-state index contributed by atoms with van der Waals surface area (Å²) >= 11 is 0. The lowest BCUT2D eigenvalue weighted by molar-refractivity contribution is -0.0735. The standard InChI is InChI=1S/C25H51N3/c1-21(2,3)24(8,9)28-14-12-25(10,13-15-28)22(4,5)20-23(6,7)27-18-16-26(11)17-19-27/h12-20H2,1-11H3. The van der Waals surface area contributed by atoms with Crippen molar-refractivity contribution in [3.8, 4) is 0 Å². The van der Waals surface area contributed by atoms with E-state index in [0.29, 0.717) is 16.2 Å². The predicted molar refractivity (Wildman–Crippen MR) is 124 cm³/mol. The van der Waals surface area contributed by atoms with Gasteiger partial charge in [-0.25, -0.2) is 0 Å². The van der Waals surface area contributed by atoms with Crippen molar-refractivity contribution >= 4 is 0 Å². The van der Waals surface area contributed by atoms with Crippen LogP contribution in [0.2, 0.25) is 0 Å². The van der Waals surface area contributed by atoms with Crippen molar-refractivity contribution in [2.75, 3.05) is 46.3 Å². The Morgan fingerprint density at radius 2 is 1.14 bits per heavy atom. The molecule has 2 fully saturated rings. The van der Waals surface area contributed by atoms with E-state index in [0.717, 1.165) is 0 Å². The molecule has 2 heterocycles. The molecule has 0 aliphatic carbocycles. The second-order valence-corrected chi connectivity index (χ2v) is 13.0. The van der Waals surface area contributed by atoms with Crippen LogP contribution in [0.15, 0.2) is 0 Å². The summed E-state index contributed by atoms with van der Waals surface area (Å²) in [6, 6.07) is 0. The first-order chi connectivity index (χ1) is 12.5. The summed E-state index contributed by atoms with van der Waals surface area (Å²) in [5.74, 6) is 0. The van der Waals surface area contributed by atoms with Gasteiger partial charge >= 0.3 is 0 Å². The molecule has 2 rings (SSSR count). The number of hydrogen-bond donors (Lipinski definition) is 0. The normalized spacial score (nSPS) is 24.5. The van der Waals surface area contributed by atoms with E-state index in [1.54, 1.807) is 0 Å². The number of nitrogens with zero attached hydrogens (tertiary/aromatic N) is 3. The van der Waals surface area contributed by atoms with Gasteiger partial charge in [-0.2, -0.15) is 0 Å². The summed E-state index contributed by atoms with van der Waals surface area (Å²) in [7, 11) is 2.25. The second-order valence-electron chi connectivity index (χ2n) is 13.0. The molecule has 166 valence electrons. The van der Waals surface area contributed by atoms with Crippen LogP contribution in [0.25, 0.3) is 0 Å². The molecule has 0 saturated carbocycles. The number of piperidine rings is 1. The van der Waals surface area contributed by atoms with Gasteiger partial charge in [0.2, 0.25) is 0 Å².